The summed E-state index contributed by atoms with van der Waals surface area (Å²) < 4.78 is 27.3. The van der Waals surface area contributed by atoms with E-state index in [4.69, 9.17) is 5.84 Å². The van der Waals surface area contributed by atoms with Gasteiger partial charge in [-0.25, -0.2) is 8.78 Å². The van der Waals surface area contributed by atoms with Crippen LogP contribution in [0.1, 0.15) is 11.1 Å². The van der Waals surface area contributed by atoms with Crippen LogP contribution in [0.2, 0.25) is 0 Å². The topological polar surface area (TPSA) is 38.0 Å². The van der Waals surface area contributed by atoms with Crippen LogP contribution in [0.4, 0.5) is 8.78 Å². The van der Waals surface area contributed by atoms with Gasteiger partial charge in [0.15, 0.2) is 0 Å². The van der Waals surface area contributed by atoms with Gasteiger partial charge in [0.25, 0.3) is 0 Å². The van der Waals surface area contributed by atoms with Crippen molar-refractivity contribution in [3.8, 4) is 0 Å². The van der Waals surface area contributed by atoms with Gasteiger partial charge in [0.05, 0.1) is 0 Å². The van der Waals surface area contributed by atoms with Gasteiger partial charge >= 0.3 is 0 Å². The Labute approximate surface area is 125 Å². The Balaban J connectivity index is 2.11. The fourth-order valence-corrected chi connectivity index (χ4v) is 2.58. The van der Waals surface area contributed by atoms with Gasteiger partial charge in [-0.2, -0.15) is 0 Å². The highest BCUT2D eigenvalue weighted by Crippen LogP contribution is 2.19. The van der Waals surface area contributed by atoms with Gasteiger partial charge in [0.2, 0.25) is 0 Å². The summed E-state index contributed by atoms with van der Waals surface area (Å²) >= 11 is 3.47. The Morgan fingerprint density at radius 3 is 2.30 bits per heavy atom. The highest BCUT2D eigenvalue weighted by Gasteiger charge is 2.12. The van der Waals surface area contributed by atoms with E-state index in [9.17, 15) is 8.78 Å². The van der Waals surface area contributed by atoms with Crippen molar-refractivity contribution in [1.82, 2.24) is 5.43 Å². The molecule has 1 unspecified atom stereocenters. The Kier molecular flexibility index (Phi) is 5.23. The maximum absolute atomic E-state index is 13.2. The van der Waals surface area contributed by atoms with Gasteiger partial charge < -0.3 is 0 Å². The van der Waals surface area contributed by atoms with Crippen LogP contribution in [0.3, 0.4) is 0 Å². The summed E-state index contributed by atoms with van der Waals surface area (Å²) in [7, 11) is 0. The highest BCUT2D eigenvalue weighted by molar-refractivity contribution is 9.10. The maximum Gasteiger partial charge on any atom is 0.126 e. The van der Waals surface area contributed by atoms with Crippen molar-refractivity contribution in [3.05, 3.63) is 69.7 Å². The molecule has 0 spiro atoms. The number of benzene rings is 2. The van der Waals surface area contributed by atoms with Crippen molar-refractivity contribution >= 4 is 15.9 Å². The Bertz CT molecular complexity index is 570. The number of hydrogen-bond acceptors (Lipinski definition) is 2. The molecule has 0 saturated heterocycles. The van der Waals surface area contributed by atoms with E-state index < -0.39 is 11.6 Å². The second-order valence-corrected chi connectivity index (χ2v) is 5.50. The number of hydrazine groups is 1. The molecule has 3 N–H and O–H groups in total. The second kappa shape index (κ2) is 6.92. The van der Waals surface area contributed by atoms with E-state index in [1.807, 2.05) is 24.3 Å². The summed E-state index contributed by atoms with van der Waals surface area (Å²) in [5.41, 5.74) is 4.37. The third-order valence-corrected chi connectivity index (χ3v) is 3.84. The molecule has 0 aliphatic heterocycles. The average molecular weight is 341 g/mol. The number of nitrogens with one attached hydrogen (secondary N) is 1. The van der Waals surface area contributed by atoms with E-state index in [0.29, 0.717) is 18.4 Å². The smallest absolute Gasteiger partial charge is 0.126 e. The molecule has 0 aromatic heterocycles. The highest BCUT2D eigenvalue weighted by atomic mass is 79.9. The first kappa shape index (κ1) is 15.1. The van der Waals surface area contributed by atoms with Crippen molar-refractivity contribution in [2.24, 2.45) is 5.84 Å². The molecule has 0 heterocycles. The predicted octanol–water partition coefficient (Wildman–Crippen LogP) is 3.34. The summed E-state index contributed by atoms with van der Waals surface area (Å²) in [5, 5.41) is 0. The molecule has 0 aliphatic carbocycles. The number of halogens is 3. The van der Waals surface area contributed by atoms with Crippen LogP contribution in [0.15, 0.2) is 46.9 Å². The largest absolute Gasteiger partial charge is 0.271 e. The maximum atomic E-state index is 13.2. The molecule has 5 heteroatoms. The predicted molar refractivity (Wildman–Crippen MR) is 79.0 cm³/mol. The molecule has 0 amide bonds. The first-order valence-electron chi connectivity index (χ1n) is 6.23. The standard InChI is InChI=1S/C15H15BrF2N2/c16-15-4-2-1-3-11(15)8-14(20-19)7-10-5-12(17)9-13(18)6-10/h1-6,9,14,20H,7-8,19H2. The molecule has 0 aliphatic rings. The van der Waals surface area contributed by atoms with E-state index in [1.165, 1.54) is 12.1 Å². The quantitative estimate of drug-likeness (QED) is 0.647. The molecular weight excluding hydrogens is 326 g/mol. The summed E-state index contributed by atoms with van der Waals surface area (Å²) in [5.74, 6) is 4.40. The van der Waals surface area contributed by atoms with E-state index in [2.05, 4.69) is 21.4 Å². The zero-order valence-electron chi connectivity index (χ0n) is 10.7. The molecule has 106 valence electrons. The van der Waals surface area contributed by atoms with Crippen LogP contribution in [0.5, 0.6) is 0 Å². The summed E-state index contributed by atoms with van der Waals surface area (Å²) in [6, 6.07) is 11.2. The van der Waals surface area contributed by atoms with Crippen LogP contribution in [-0.2, 0) is 12.8 Å². The third kappa shape index (κ3) is 4.10. The minimum absolute atomic E-state index is 0.102. The molecule has 2 nitrogen and oxygen atoms in total. The second-order valence-electron chi connectivity index (χ2n) is 4.64. The minimum Gasteiger partial charge on any atom is -0.271 e. The SMILES string of the molecule is NNC(Cc1cc(F)cc(F)c1)Cc1ccccc1Br. The molecule has 0 fully saturated rings. The zero-order valence-corrected chi connectivity index (χ0v) is 12.3. The lowest BCUT2D eigenvalue weighted by atomic mass is 9.99. The summed E-state index contributed by atoms with van der Waals surface area (Å²) in [6.45, 7) is 0. The number of hydrogen-bond donors (Lipinski definition) is 2. The summed E-state index contributed by atoms with van der Waals surface area (Å²) in [6.07, 6.45) is 1.11. The zero-order chi connectivity index (χ0) is 14.5. The first-order chi connectivity index (χ1) is 9.58. The van der Waals surface area contributed by atoms with E-state index in [1.54, 1.807) is 0 Å². The molecule has 2 aromatic rings. The molecule has 2 aromatic carbocycles. The number of rotatable bonds is 5. The molecular formula is C15H15BrF2N2. The third-order valence-electron chi connectivity index (χ3n) is 3.06. The van der Waals surface area contributed by atoms with Crippen LogP contribution >= 0.6 is 15.9 Å². The monoisotopic (exact) mass is 340 g/mol. The van der Waals surface area contributed by atoms with Crippen LogP contribution < -0.4 is 11.3 Å². The van der Waals surface area contributed by atoms with Crippen molar-refractivity contribution in [2.75, 3.05) is 0 Å². The van der Waals surface area contributed by atoms with Gasteiger partial charge in [-0.3, -0.25) is 11.3 Å². The number of nitrogens with two attached hydrogens (primary N) is 1. The Morgan fingerprint density at radius 1 is 1.05 bits per heavy atom. The van der Waals surface area contributed by atoms with Crippen LogP contribution in [0, 0.1) is 11.6 Å². The van der Waals surface area contributed by atoms with Gasteiger partial charge in [0, 0.05) is 16.6 Å². The van der Waals surface area contributed by atoms with Crippen molar-refractivity contribution in [3.63, 3.8) is 0 Å². The molecule has 1 atom stereocenters. The van der Waals surface area contributed by atoms with Gasteiger partial charge in [-0.15, -0.1) is 0 Å². The van der Waals surface area contributed by atoms with E-state index in [0.717, 1.165) is 16.1 Å². The lowest BCUT2D eigenvalue weighted by Gasteiger charge is -2.17. The lowest BCUT2D eigenvalue weighted by Crippen LogP contribution is -2.38. The normalized spacial score (nSPS) is 12.4. The lowest BCUT2D eigenvalue weighted by molar-refractivity contribution is 0.515. The molecule has 0 bridgehead atoms. The van der Waals surface area contributed by atoms with E-state index in [-0.39, 0.29) is 6.04 Å². The van der Waals surface area contributed by atoms with E-state index >= 15 is 0 Å². The molecule has 0 saturated carbocycles. The Hall–Kier alpha value is -1.30. The van der Waals surface area contributed by atoms with Crippen molar-refractivity contribution < 1.29 is 8.78 Å². The van der Waals surface area contributed by atoms with Crippen molar-refractivity contribution in [2.45, 2.75) is 18.9 Å². The Morgan fingerprint density at radius 2 is 1.70 bits per heavy atom. The van der Waals surface area contributed by atoms with Crippen molar-refractivity contribution in [1.29, 1.82) is 0 Å². The summed E-state index contributed by atoms with van der Waals surface area (Å²) in [4.78, 5) is 0. The minimum atomic E-state index is -0.573. The van der Waals surface area contributed by atoms with Gasteiger partial charge in [0.1, 0.15) is 11.6 Å². The van der Waals surface area contributed by atoms with Gasteiger partial charge in [-0.1, -0.05) is 34.1 Å². The van der Waals surface area contributed by atoms with Gasteiger partial charge in [-0.05, 0) is 42.2 Å². The fraction of sp³-hybridized carbons (Fsp3) is 0.200. The molecule has 2 rings (SSSR count). The average Bonchev–Trinajstić information content (AvgIpc) is 2.39. The van der Waals surface area contributed by atoms with Crippen LogP contribution in [0.25, 0.3) is 0 Å². The van der Waals surface area contributed by atoms with Crippen LogP contribution in [-0.4, -0.2) is 6.04 Å². The molecule has 0 radical (unpaired) electrons. The first-order valence-corrected chi connectivity index (χ1v) is 7.02. The molecule has 20 heavy (non-hydrogen) atoms. The fourth-order valence-electron chi connectivity index (χ4n) is 2.13.